The molecule has 0 bridgehead atoms. The largest absolute Gasteiger partial charge is 0.478 e. The average Bonchev–Trinajstić information content (AvgIpc) is 2.04. The molecular formula is C7H6ClNO2. The fourth-order valence-electron chi connectivity index (χ4n) is 0.739. The van der Waals surface area contributed by atoms with Crippen LogP contribution in [0.4, 0.5) is 0 Å². The zero-order valence-electron chi connectivity index (χ0n) is 5.62. The van der Waals surface area contributed by atoms with E-state index < -0.39 is 5.97 Å². The fraction of sp³-hybridized carbons (Fsp3) is 0.143. The second-order valence-electron chi connectivity index (χ2n) is 1.94. The molecule has 4 heteroatoms. The van der Waals surface area contributed by atoms with Gasteiger partial charge in [-0.1, -0.05) is 0 Å². The number of alkyl halides is 1. The number of aromatic nitrogens is 1. The summed E-state index contributed by atoms with van der Waals surface area (Å²) in [5, 5.41) is 8.60. The van der Waals surface area contributed by atoms with Gasteiger partial charge in [0.1, 0.15) is 0 Å². The standard InChI is InChI=1S/C7H6ClNO2/c8-4-6-5(7(10)11)2-1-3-9-6/h1-3H,4H2,(H,10,11). The van der Waals surface area contributed by atoms with Crippen LogP contribution in [0.1, 0.15) is 16.1 Å². The highest BCUT2D eigenvalue weighted by atomic mass is 35.5. The number of nitrogens with zero attached hydrogens (tertiary/aromatic N) is 1. The highest BCUT2D eigenvalue weighted by Crippen LogP contribution is 2.07. The molecule has 1 aromatic heterocycles. The number of carboxylic acids is 1. The first-order valence-corrected chi connectivity index (χ1v) is 3.52. The van der Waals surface area contributed by atoms with Crippen molar-refractivity contribution in [1.82, 2.24) is 4.98 Å². The Kier molecular flexibility index (Phi) is 2.44. The number of rotatable bonds is 2. The Morgan fingerprint density at radius 1 is 1.73 bits per heavy atom. The number of hydrogen-bond donors (Lipinski definition) is 1. The Hall–Kier alpha value is -1.09. The molecule has 1 heterocycles. The SMILES string of the molecule is O=C(O)c1cccnc1CCl. The molecule has 0 saturated heterocycles. The van der Waals surface area contributed by atoms with E-state index in [0.29, 0.717) is 5.69 Å². The van der Waals surface area contributed by atoms with E-state index in [2.05, 4.69) is 4.98 Å². The van der Waals surface area contributed by atoms with Gasteiger partial charge in [0, 0.05) is 6.20 Å². The highest BCUT2D eigenvalue weighted by Gasteiger charge is 2.07. The van der Waals surface area contributed by atoms with Gasteiger partial charge in [0.15, 0.2) is 0 Å². The van der Waals surface area contributed by atoms with Crippen LogP contribution < -0.4 is 0 Å². The molecule has 3 nitrogen and oxygen atoms in total. The molecule has 0 aliphatic carbocycles. The third-order valence-electron chi connectivity index (χ3n) is 1.25. The van der Waals surface area contributed by atoms with Gasteiger partial charge in [-0.2, -0.15) is 0 Å². The van der Waals surface area contributed by atoms with Gasteiger partial charge < -0.3 is 5.11 Å². The number of carboxylic acid groups (broad SMARTS) is 1. The molecular weight excluding hydrogens is 166 g/mol. The minimum absolute atomic E-state index is 0.127. The van der Waals surface area contributed by atoms with Crippen molar-refractivity contribution in [2.75, 3.05) is 0 Å². The van der Waals surface area contributed by atoms with Crippen molar-refractivity contribution in [3.8, 4) is 0 Å². The molecule has 0 aliphatic heterocycles. The van der Waals surface area contributed by atoms with Crippen LogP contribution in [0.2, 0.25) is 0 Å². The molecule has 0 atom stereocenters. The predicted molar refractivity (Wildman–Crippen MR) is 40.8 cm³/mol. The van der Waals surface area contributed by atoms with Gasteiger partial charge in [-0.05, 0) is 12.1 Å². The van der Waals surface area contributed by atoms with Crippen LogP contribution in [0, 0.1) is 0 Å². The molecule has 11 heavy (non-hydrogen) atoms. The summed E-state index contributed by atoms with van der Waals surface area (Å²) >= 11 is 5.45. The lowest BCUT2D eigenvalue weighted by molar-refractivity contribution is 0.0695. The summed E-state index contributed by atoms with van der Waals surface area (Å²) in [5.74, 6) is -0.864. The fourth-order valence-corrected chi connectivity index (χ4v) is 0.952. The van der Waals surface area contributed by atoms with Crippen LogP contribution in [-0.4, -0.2) is 16.1 Å². The van der Waals surface area contributed by atoms with E-state index in [1.807, 2.05) is 0 Å². The van der Waals surface area contributed by atoms with Crippen molar-refractivity contribution in [3.05, 3.63) is 29.6 Å². The molecule has 58 valence electrons. The Morgan fingerprint density at radius 3 is 2.91 bits per heavy atom. The lowest BCUT2D eigenvalue weighted by atomic mass is 10.2. The van der Waals surface area contributed by atoms with Crippen molar-refractivity contribution in [1.29, 1.82) is 0 Å². The second-order valence-corrected chi connectivity index (χ2v) is 2.20. The minimum Gasteiger partial charge on any atom is -0.478 e. The van der Waals surface area contributed by atoms with Crippen LogP contribution >= 0.6 is 11.6 Å². The maximum atomic E-state index is 10.5. The number of halogens is 1. The van der Waals surface area contributed by atoms with Gasteiger partial charge in [0.2, 0.25) is 0 Å². The Morgan fingerprint density at radius 2 is 2.45 bits per heavy atom. The number of aromatic carboxylic acids is 1. The molecule has 0 fully saturated rings. The molecule has 1 aromatic rings. The first-order valence-electron chi connectivity index (χ1n) is 2.99. The Balaban J connectivity index is 3.12. The van der Waals surface area contributed by atoms with Gasteiger partial charge in [0.05, 0.1) is 17.1 Å². The van der Waals surface area contributed by atoms with Crippen LogP contribution in [0.3, 0.4) is 0 Å². The maximum Gasteiger partial charge on any atom is 0.337 e. The molecule has 0 radical (unpaired) electrons. The summed E-state index contributed by atoms with van der Waals surface area (Å²) in [4.78, 5) is 14.3. The number of pyridine rings is 1. The number of carbonyl (C=O) groups is 1. The molecule has 0 amide bonds. The van der Waals surface area contributed by atoms with Crippen LogP contribution in [0.15, 0.2) is 18.3 Å². The predicted octanol–water partition coefficient (Wildman–Crippen LogP) is 1.52. The van der Waals surface area contributed by atoms with Crippen LogP contribution in [0.25, 0.3) is 0 Å². The van der Waals surface area contributed by atoms with Gasteiger partial charge in [-0.3, -0.25) is 4.98 Å². The molecule has 0 spiro atoms. The highest BCUT2D eigenvalue weighted by molar-refractivity contribution is 6.17. The van der Waals surface area contributed by atoms with Crippen LogP contribution in [0.5, 0.6) is 0 Å². The van der Waals surface area contributed by atoms with Gasteiger partial charge in [-0.25, -0.2) is 4.79 Å². The molecule has 0 saturated carbocycles. The Bertz CT molecular complexity index is 275. The summed E-state index contributed by atoms with van der Waals surface area (Å²) in [6, 6.07) is 3.05. The first kappa shape index (κ1) is 8.01. The molecule has 1 N–H and O–H groups in total. The smallest absolute Gasteiger partial charge is 0.337 e. The second kappa shape index (κ2) is 3.34. The summed E-state index contributed by atoms with van der Waals surface area (Å²) in [7, 11) is 0. The van der Waals surface area contributed by atoms with Crippen LogP contribution in [-0.2, 0) is 5.88 Å². The summed E-state index contributed by atoms with van der Waals surface area (Å²) in [6.45, 7) is 0. The maximum absolute atomic E-state index is 10.5. The van der Waals surface area contributed by atoms with Crippen molar-refractivity contribution in [2.24, 2.45) is 0 Å². The Labute approximate surface area is 68.6 Å². The molecule has 0 aliphatic rings. The molecule has 1 rings (SSSR count). The first-order chi connectivity index (χ1) is 5.25. The van der Waals surface area contributed by atoms with Crippen molar-refractivity contribution >= 4 is 17.6 Å². The van der Waals surface area contributed by atoms with E-state index in [9.17, 15) is 4.79 Å². The van der Waals surface area contributed by atoms with E-state index in [-0.39, 0.29) is 11.4 Å². The van der Waals surface area contributed by atoms with E-state index in [0.717, 1.165) is 0 Å². The van der Waals surface area contributed by atoms with Crippen molar-refractivity contribution in [2.45, 2.75) is 5.88 Å². The molecule has 0 aromatic carbocycles. The quantitative estimate of drug-likeness (QED) is 0.687. The van der Waals surface area contributed by atoms with E-state index in [1.165, 1.54) is 12.3 Å². The molecule has 0 unspecified atom stereocenters. The van der Waals surface area contributed by atoms with Crippen molar-refractivity contribution < 1.29 is 9.90 Å². The summed E-state index contributed by atoms with van der Waals surface area (Å²) in [5.41, 5.74) is 0.573. The van der Waals surface area contributed by atoms with Gasteiger partial charge in [-0.15, -0.1) is 11.6 Å². The summed E-state index contributed by atoms with van der Waals surface area (Å²) < 4.78 is 0. The third-order valence-corrected chi connectivity index (χ3v) is 1.50. The zero-order valence-corrected chi connectivity index (χ0v) is 6.38. The third kappa shape index (κ3) is 1.68. The topological polar surface area (TPSA) is 50.2 Å². The van der Waals surface area contributed by atoms with Gasteiger partial charge in [0.25, 0.3) is 0 Å². The lowest BCUT2D eigenvalue weighted by Crippen LogP contribution is -2.02. The van der Waals surface area contributed by atoms with Gasteiger partial charge >= 0.3 is 5.97 Å². The average molecular weight is 172 g/mol. The van der Waals surface area contributed by atoms with E-state index >= 15 is 0 Å². The number of hydrogen-bond acceptors (Lipinski definition) is 2. The normalized spacial score (nSPS) is 9.55. The van der Waals surface area contributed by atoms with Crippen molar-refractivity contribution in [3.63, 3.8) is 0 Å². The van der Waals surface area contributed by atoms with E-state index in [4.69, 9.17) is 16.7 Å². The summed E-state index contributed by atoms with van der Waals surface area (Å²) in [6.07, 6.45) is 1.52. The minimum atomic E-state index is -0.992. The monoisotopic (exact) mass is 171 g/mol. The zero-order chi connectivity index (χ0) is 8.27. The van der Waals surface area contributed by atoms with E-state index in [1.54, 1.807) is 6.07 Å². The lowest BCUT2D eigenvalue weighted by Gasteiger charge is -1.98.